The third kappa shape index (κ3) is 4.09. The zero-order valence-electron chi connectivity index (χ0n) is 13.4. The maximum Gasteiger partial charge on any atom is 0.445 e. The van der Waals surface area contributed by atoms with Crippen molar-refractivity contribution in [1.82, 2.24) is 20.1 Å². The van der Waals surface area contributed by atoms with Gasteiger partial charge in [0.05, 0.1) is 11.2 Å². The van der Waals surface area contributed by atoms with Gasteiger partial charge in [0.25, 0.3) is 5.91 Å². The van der Waals surface area contributed by atoms with Crippen molar-refractivity contribution >= 4 is 33.7 Å². The van der Waals surface area contributed by atoms with Crippen molar-refractivity contribution in [2.75, 3.05) is 31.1 Å². The predicted octanol–water partition coefficient (Wildman–Crippen LogP) is 2.93. The van der Waals surface area contributed by atoms with Crippen molar-refractivity contribution in [3.05, 3.63) is 21.1 Å². The molecule has 136 valence electrons. The molecule has 1 amide bonds. The second kappa shape index (κ2) is 7.24. The zero-order chi connectivity index (χ0) is 18.0. The number of nitrogens with zero attached hydrogens (tertiary/aromatic N) is 5. The molecule has 0 aliphatic carbocycles. The molecule has 6 nitrogen and oxygen atoms in total. The Morgan fingerprint density at radius 2 is 2.00 bits per heavy atom. The quantitative estimate of drug-likeness (QED) is 0.805. The number of aromatic nitrogens is 3. The van der Waals surface area contributed by atoms with E-state index in [0.717, 1.165) is 11.4 Å². The standard InChI is InChI=1S/C14H16F3N5OS2/c1-2-10-18-8-9(24-10)11(23)21-4-3-5-22(7-6-21)13-20-19-12(25-13)14(15,16)17/h8H,2-7H2,1H3. The van der Waals surface area contributed by atoms with Gasteiger partial charge in [-0.2, -0.15) is 13.2 Å². The summed E-state index contributed by atoms with van der Waals surface area (Å²) in [6.07, 6.45) is -1.45. The first-order valence-electron chi connectivity index (χ1n) is 7.78. The first-order chi connectivity index (χ1) is 11.9. The van der Waals surface area contributed by atoms with Crippen molar-refractivity contribution in [1.29, 1.82) is 0 Å². The fourth-order valence-electron chi connectivity index (χ4n) is 2.50. The number of anilines is 1. The summed E-state index contributed by atoms with van der Waals surface area (Å²) in [5.41, 5.74) is 0. The van der Waals surface area contributed by atoms with E-state index in [-0.39, 0.29) is 11.0 Å². The summed E-state index contributed by atoms with van der Waals surface area (Å²) in [6, 6.07) is 0. The molecule has 0 bridgehead atoms. The first-order valence-corrected chi connectivity index (χ1v) is 9.41. The van der Waals surface area contributed by atoms with Gasteiger partial charge in [0.2, 0.25) is 10.1 Å². The van der Waals surface area contributed by atoms with E-state index in [0.29, 0.717) is 48.8 Å². The van der Waals surface area contributed by atoms with Gasteiger partial charge < -0.3 is 9.80 Å². The summed E-state index contributed by atoms with van der Waals surface area (Å²) in [4.78, 5) is 20.8. The Bertz CT molecular complexity index is 745. The minimum Gasteiger partial charge on any atom is -0.345 e. The van der Waals surface area contributed by atoms with Crippen molar-refractivity contribution in [2.24, 2.45) is 0 Å². The maximum absolute atomic E-state index is 12.7. The molecule has 1 fully saturated rings. The fourth-order valence-corrected chi connectivity index (χ4v) is 4.09. The predicted molar refractivity (Wildman–Crippen MR) is 89.1 cm³/mol. The Balaban J connectivity index is 1.66. The molecule has 1 aliphatic rings. The number of alkyl halides is 3. The Labute approximate surface area is 150 Å². The fraction of sp³-hybridized carbons (Fsp3) is 0.571. The number of thiazole rings is 1. The topological polar surface area (TPSA) is 62.2 Å². The van der Waals surface area contributed by atoms with Crippen LogP contribution in [0.2, 0.25) is 0 Å². The van der Waals surface area contributed by atoms with Gasteiger partial charge in [-0.3, -0.25) is 4.79 Å². The van der Waals surface area contributed by atoms with E-state index in [1.807, 2.05) is 6.92 Å². The zero-order valence-corrected chi connectivity index (χ0v) is 15.0. The number of hydrogen-bond acceptors (Lipinski definition) is 7. The Kier molecular flexibility index (Phi) is 5.23. The van der Waals surface area contributed by atoms with Crippen LogP contribution in [0.5, 0.6) is 0 Å². The molecule has 0 saturated carbocycles. The minimum atomic E-state index is -4.48. The molecule has 0 radical (unpaired) electrons. The number of hydrogen-bond donors (Lipinski definition) is 0. The minimum absolute atomic E-state index is 0.0766. The lowest BCUT2D eigenvalue weighted by atomic mass is 10.3. The maximum atomic E-state index is 12.7. The van der Waals surface area contributed by atoms with Crippen LogP contribution in [-0.4, -0.2) is 52.2 Å². The monoisotopic (exact) mass is 391 g/mol. The Morgan fingerprint density at radius 3 is 2.64 bits per heavy atom. The second-order valence-corrected chi connectivity index (χ2v) is 7.56. The number of aryl methyl sites for hydroxylation is 1. The van der Waals surface area contributed by atoms with E-state index in [1.165, 1.54) is 11.3 Å². The van der Waals surface area contributed by atoms with Crippen LogP contribution in [0.15, 0.2) is 6.20 Å². The summed E-state index contributed by atoms with van der Waals surface area (Å²) in [6.45, 7) is 3.93. The van der Waals surface area contributed by atoms with Gasteiger partial charge in [0, 0.05) is 26.2 Å². The highest BCUT2D eigenvalue weighted by molar-refractivity contribution is 7.15. The Hall–Kier alpha value is -1.75. The molecule has 2 aromatic rings. The molecule has 3 rings (SSSR count). The number of halogens is 3. The molecule has 0 N–H and O–H groups in total. The molecule has 2 aromatic heterocycles. The van der Waals surface area contributed by atoms with Crippen LogP contribution in [0.3, 0.4) is 0 Å². The van der Waals surface area contributed by atoms with Crippen molar-refractivity contribution in [3.63, 3.8) is 0 Å². The van der Waals surface area contributed by atoms with Crippen molar-refractivity contribution < 1.29 is 18.0 Å². The first kappa shape index (κ1) is 18.1. The van der Waals surface area contributed by atoms with E-state index >= 15 is 0 Å². The van der Waals surface area contributed by atoms with Gasteiger partial charge in [-0.25, -0.2) is 4.98 Å². The lowest BCUT2D eigenvalue weighted by molar-refractivity contribution is -0.138. The molecular formula is C14H16F3N5OS2. The largest absolute Gasteiger partial charge is 0.445 e. The van der Waals surface area contributed by atoms with E-state index in [9.17, 15) is 18.0 Å². The van der Waals surface area contributed by atoms with Crippen LogP contribution in [0, 0.1) is 0 Å². The van der Waals surface area contributed by atoms with Gasteiger partial charge in [-0.05, 0) is 12.8 Å². The summed E-state index contributed by atoms with van der Waals surface area (Å²) in [5, 5.41) is 7.08. The lowest BCUT2D eigenvalue weighted by Gasteiger charge is -2.20. The summed E-state index contributed by atoms with van der Waals surface area (Å²) in [7, 11) is 0. The Morgan fingerprint density at radius 1 is 1.20 bits per heavy atom. The highest BCUT2D eigenvalue weighted by atomic mass is 32.1. The van der Waals surface area contributed by atoms with E-state index in [4.69, 9.17) is 0 Å². The second-order valence-electron chi connectivity index (χ2n) is 5.49. The average Bonchev–Trinajstić information content (AvgIpc) is 3.19. The van der Waals surface area contributed by atoms with Crippen LogP contribution >= 0.6 is 22.7 Å². The van der Waals surface area contributed by atoms with Crippen LogP contribution in [-0.2, 0) is 12.6 Å². The molecule has 1 saturated heterocycles. The lowest BCUT2D eigenvalue weighted by Crippen LogP contribution is -2.34. The van der Waals surface area contributed by atoms with Gasteiger partial charge in [-0.15, -0.1) is 21.5 Å². The van der Waals surface area contributed by atoms with Crippen molar-refractivity contribution in [3.8, 4) is 0 Å². The number of carbonyl (C=O) groups excluding carboxylic acids is 1. The van der Waals surface area contributed by atoms with Gasteiger partial charge >= 0.3 is 6.18 Å². The molecular weight excluding hydrogens is 375 g/mol. The molecule has 0 unspecified atom stereocenters. The van der Waals surface area contributed by atoms with Gasteiger partial charge in [0.1, 0.15) is 4.88 Å². The average molecular weight is 391 g/mol. The highest BCUT2D eigenvalue weighted by Gasteiger charge is 2.36. The van der Waals surface area contributed by atoms with Crippen LogP contribution in [0.1, 0.15) is 33.0 Å². The van der Waals surface area contributed by atoms with E-state index in [2.05, 4.69) is 15.2 Å². The van der Waals surface area contributed by atoms with Gasteiger partial charge in [0.15, 0.2) is 0 Å². The molecule has 1 aliphatic heterocycles. The molecule has 0 spiro atoms. The normalized spacial score (nSPS) is 16.2. The number of amides is 1. The SMILES string of the molecule is CCc1ncc(C(=O)N2CCCN(c3nnc(C(F)(F)F)s3)CC2)s1. The number of carbonyl (C=O) groups is 1. The van der Waals surface area contributed by atoms with Gasteiger partial charge in [-0.1, -0.05) is 18.3 Å². The number of rotatable bonds is 3. The summed E-state index contributed by atoms with van der Waals surface area (Å²) >= 11 is 1.92. The summed E-state index contributed by atoms with van der Waals surface area (Å²) in [5.74, 6) is -0.0766. The van der Waals surface area contributed by atoms with E-state index in [1.54, 1.807) is 16.0 Å². The van der Waals surface area contributed by atoms with Crippen LogP contribution < -0.4 is 4.90 Å². The smallest absolute Gasteiger partial charge is 0.345 e. The summed E-state index contributed by atoms with van der Waals surface area (Å²) < 4.78 is 38.0. The van der Waals surface area contributed by atoms with Crippen molar-refractivity contribution in [2.45, 2.75) is 25.9 Å². The highest BCUT2D eigenvalue weighted by Crippen LogP contribution is 2.34. The third-order valence-electron chi connectivity index (χ3n) is 3.78. The van der Waals surface area contributed by atoms with Crippen LogP contribution in [0.25, 0.3) is 0 Å². The molecule has 3 heterocycles. The molecule has 0 aromatic carbocycles. The molecule has 11 heteroatoms. The molecule has 25 heavy (non-hydrogen) atoms. The molecule has 0 atom stereocenters. The third-order valence-corrected chi connectivity index (χ3v) is 5.94. The van der Waals surface area contributed by atoms with E-state index < -0.39 is 11.2 Å². The van der Waals surface area contributed by atoms with Crippen LogP contribution in [0.4, 0.5) is 18.3 Å².